The van der Waals surface area contributed by atoms with Crippen molar-refractivity contribution < 1.29 is 4.79 Å². The molecule has 1 aliphatic heterocycles. The third-order valence-corrected chi connectivity index (χ3v) is 2.58. The topological polar surface area (TPSA) is 32.3 Å². The summed E-state index contributed by atoms with van der Waals surface area (Å²) >= 11 is 0. The van der Waals surface area contributed by atoms with Crippen LogP contribution in [0.1, 0.15) is 18.5 Å². The minimum absolute atomic E-state index is 0.135. The van der Waals surface area contributed by atoms with Crippen LogP contribution in [-0.4, -0.2) is 24.0 Å². The normalized spacial score (nSPS) is 21.2. The molecule has 1 aliphatic rings. The summed E-state index contributed by atoms with van der Waals surface area (Å²) in [6.07, 6.45) is 0. The van der Waals surface area contributed by atoms with Crippen LogP contribution in [0.5, 0.6) is 0 Å². The molecule has 1 saturated heterocycles. The van der Waals surface area contributed by atoms with E-state index in [1.807, 2.05) is 23.1 Å². The molecular weight excluding hydrogens is 176 g/mol. The number of hydrogen-bond donors (Lipinski definition) is 1. The van der Waals surface area contributed by atoms with Crippen molar-refractivity contribution in [1.29, 1.82) is 0 Å². The largest absolute Gasteiger partial charge is 0.328 e. The van der Waals surface area contributed by atoms with Gasteiger partial charge in [-0.15, -0.1) is 0 Å². The highest BCUT2D eigenvalue weighted by Gasteiger charge is 2.23. The molecule has 2 rings (SSSR count). The van der Waals surface area contributed by atoms with E-state index in [0.29, 0.717) is 12.7 Å². The highest BCUT2D eigenvalue weighted by Crippen LogP contribution is 2.18. The standard InChI is InChI=1S/C11H14N2O/c1-9(14)13-7-11(12-8-13)10-5-3-2-4-6-10/h2-6,11-12H,7-8H2,1H3. The van der Waals surface area contributed by atoms with Gasteiger partial charge in [0.1, 0.15) is 0 Å². The first-order chi connectivity index (χ1) is 6.77. The fourth-order valence-corrected chi connectivity index (χ4v) is 1.72. The Kier molecular flexibility index (Phi) is 2.50. The van der Waals surface area contributed by atoms with Crippen molar-refractivity contribution in [3.05, 3.63) is 35.9 Å². The molecule has 1 heterocycles. The van der Waals surface area contributed by atoms with Gasteiger partial charge < -0.3 is 4.90 Å². The molecule has 0 bridgehead atoms. The first kappa shape index (κ1) is 9.21. The highest BCUT2D eigenvalue weighted by molar-refractivity contribution is 5.73. The van der Waals surface area contributed by atoms with Crippen molar-refractivity contribution in [2.75, 3.05) is 13.2 Å². The summed E-state index contributed by atoms with van der Waals surface area (Å²) in [5.41, 5.74) is 1.25. The number of carbonyl (C=O) groups is 1. The van der Waals surface area contributed by atoms with Gasteiger partial charge in [-0.3, -0.25) is 10.1 Å². The minimum atomic E-state index is 0.135. The van der Waals surface area contributed by atoms with Gasteiger partial charge in [0.05, 0.1) is 12.7 Å². The van der Waals surface area contributed by atoms with E-state index in [-0.39, 0.29) is 5.91 Å². The molecule has 1 aromatic carbocycles. The third kappa shape index (κ3) is 1.77. The van der Waals surface area contributed by atoms with Crippen LogP contribution in [0.2, 0.25) is 0 Å². The lowest BCUT2D eigenvalue weighted by Crippen LogP contribution is -2.26. The first-order valence-corrected chi connectivity index (χ1v) is 4.81. The lowest BCUT2D eigenvalue weighted by Gasteiger charge is -2.12. The molecule has 1 atom stereocenters. The Balaban J connectivity index is 2.06. The molecule has 74 valence electrons. The molecule has 0 aromatic heterocycles. The Morgan fingerprint density at radius 1 is 1.43 bits per heavy atom. The lowest BCUT2D eigenvalue weighted by atomic mass is 10.1. The van der Waals surface area contributed by atoms with Crippen molar-refractivity contribution in [3.63, 3.8) is 0 Å². The molecular formula is C11H14N2O. The van der Waals surface area contributed by atoms with E-state index < -0.39 is 0 Å². The zero-order valence-electron chi connectivity index (χ0n) is 8.23. The molecule has 0 aliphatic carbocycles. The monoisotopic (exact) mass is 190 g/mol. The first-order valence-electron chi connectivity index (χ1n) is 4.81. The molecule has 1 amide bonds. The fourth-order valence-electron chi connectivity index (χ4n) is 1.72. The van der Waals surface area contributed by atoms with Gasteiger partial charge in [-0.2, -0.15) is 0 Å². The summed E-state index contributed by atoms with van der Waals surface area (Å²) in [6, 6.07) is 10.5. The second kappa shape index (κ2) is 3.80. The Morgan fingerprint density at radius 3 is 2.71 bits per heavy atom. The average Bonchev–Trinajstić information content (AvgIpc) is 2.68. The third-order valence-electron chi connectivity index (χ3n) is 2.58. The molecule has 0 radical (unpaired) electrons. The van der Waals surface area contributed by atoms with Crippen molar-refractivity contribution in [3.8, 4) is 0 Å². The second-order valence-electron chi connectivity index (χ2n) is 3.57. The lowest BCUT2D eigenvalue weighted by molar-refractivity contribution is -0.127. The van der Waals surface area contributed by atoms with E-state index in [1.165, 1.54) is 5.56 Å². The Morgan fingerprint density at radius 2 is 2.14 bits per heavy atom. The van der Waals surface area contributed by atoms with E-state index in [2.05, 4.69) is 17.4 Å². The molecule has 14 heavy (non-hydrogen) atoms. The smallest absolute Gasteiger partial charge is 0.220 e. The Hall–Kier alpha value is -1.35. The molecule has 1 aromatic rings. The van der Waals surface area contributed by atoms with Crippen LogP contribution in [-0.2, 0) is 4.79 Å². The van der Waals surface area contributed by atoms with Crippen molar-refractivity contribution in [2.45, 2.75) is 13.0 Å². The van der Waals surface area contributed by atoms with Crippen LogP contribution in [0, 0.1) is 0 Å². The predicted molar refractivity (Wildman–Crippen MR) is 54.6 cm³/mol. The molecule has 3 heteroatoms. The van der Waals surface area contributed by atoms with Gasteiger partial charge in [0, 0.05) is 13.5 Å². The van der Waals surface area contributed by atoms with E-state index in [4.69, 9.17) is 0 Å². The van der Waals surface area contributed by atoms with Gasteiger partial charge in [-0.1, -0.05) is 30.3 Å². The zero-order chi connectivity index (χ0) is 9.97. The number of amides is 1. The quantitative estimate of drug-likeness (QED) is 0.720. The minimum Gasteiger partial charge on any atom is -0.328 e. The number of nitrogens with one attached hydrogen (secondary N) is 1. The van der Waals surface area contributed by atoms with Crippen LogP contribution in [0.25, 0.3) is 0 Å². The molecule has 1 N–H and O–H groups in total. The van der Waals surface area contributed by atoms with Gasteiger partial charge in [0.25, 0.3) is 0 Å². The summed E-state index contributed by atoms with van der Waals surface area (Å²) < 4.78 is 0. The Labute approximate surface area is 83.7 Å². The molecule has 3 nitrogen and oxygen atoms in total. The summed E-state index contributed by atoms with van der Waals surface area (Å²) in [5.74, 6) is 0.135. The van der Waals surface area contributed by atoms with Crippen LogP contribution in [0.4, 0.5) is 0 Å². The van der Waals surface area contributed by atoms with Gasteiger partial charge in [-0.05, 0) is 5.56 Å². The van der Waals surface area contributed by atoms with Crippen LogP contribution >= 0.6 is 0 Å². The number of rotatable bonds is 1. The van der Waals surface area contributed by atoms with E-state index >= 15 is 0 Å². The maximum atomic E-state index is 11.1. The van der Waals surface area contributed by atoms with Gasteiger partial charge in [0.15, 0.2) is 0 Å². The van der Waals surface area contributed by atoms with E-state index in [1.54, 1.807) is 6.92 Å². The number of carbonyl (C=O) groups excluding carboxylic acids is 1. The predicted octanol–water partition coefficient (Wildman–Crippen LogP) is 1.14. The summed E-state index contributed by atoms with van der Waals surface area (Å²) in [5, 5.41) is 3.31. The fraction of sp³-hybridized carbons (Fsp3) is 0.364. The maximum absolute atomic E-state index is 11.1. The van der Waals surface area contributed by atoms with Gasteiger partial charge in [0.2, 0.25) is 5.91 Å². The zero-order valence-corrected chi connectivity index (χ0v) is 8.23. The van der Waals surface area contributed by atoms with Crippen LogP contribution in [0.3, 0.4) is 0 Å². The second-order valence-corrected chi connectivity index (χ2v) is 3.57. The molecule has 1 fully saturated rings. The average molecular weight is 190 g/mol. The number of nitrogens with zero attached hydrogens (tertiary/aromatic N) is 1. The molecule has 0 spiro atoms. The van der Waals surface area contributed by atoms with Gasteiger partial charge in [-0.25, -0.2) is 0 Å². The summed E-state index contributed by atoms with van der Waals surface area (Å²) in [4.78, 5) is 12.9. The SMILES string of the molecule is CC(=O)N1CNC(c2ccccc2)C1. The summed E-state index contributed by atoms with van der Waals surface area (Å²) in [6.45, 7) is 3.04. The van der Waals surface area contributed by atoms with E-state index in [9.17, 15) is 4.79 Å². The number of hydrogen-bond acceptors (Lipinski definition) is 2. The molecule has 0 saturated carbocycles. The van der Waals surface area contributed by atoms with Crippen molar-refractivity contribution >= 4 is 5.91 Å². The Bertz CT molecular complexity index is 323. The van der Waals surface area contributed by atoms with Gasteiger partial charge >= 0.3 is 0 Å². The van der Waals surface area contributed by atoms with Crippen molar-refractivity contribution in [2.24, 2.45) is 0 Å². The van der Waals surface area contributed by atoms with Crippen molar-refractivity contribution in [1.82, 2.24) is 10.2 Å². The van der Waals surface area contributed by atoms with Crippen LogP contribution < -0.4 is 5.32 Å². The van der Waals surface area contributed by atoms with Crippen LogP contribution in [0.15, 0.2) is 30.3 Å². The highest BCUT2D eigenvalue weighted by atomic mass is 16.2. The number of benzene rings is 1. The summed E-state index contributed by atoms with van der Waals surface area (Å²) in [7, 11) is 0. The van der Waals surface area contributed by atoms with E-state index in [0.717, 1.165) is 6.54 Å². The molecule has 1 unspecified atom stereocenters. The maximum Gasteiger partial charge on any atom is 0.220 e.